The van der Waals surface area contributed by atoms with Crippen molar-refractivity contribution in [3.63, 3.8) is 0 Å². The standard InChI is InChI=1S/C16H28N4O2S/c1-16(2,3)23(22)19-15(12-7-5-4-6-8-12)13-9-20(11-18-13)10-14(17)21/h9,11-12,15,19H,4-8,10H2,1-3H3,(H2,17,21)/t15-,23?/m0/s1. The zero-order chi connectivity index (χ0) is 17.0. The lowest BCUT2D eigenvalue weighted by molar-refractivity contribution is -0.118. The number of hydrogen-bond donors (Lipinski definition) is 2. The minimum Gasteiger partial charge on any atom is -0.368 e. The number of hydrogen-bond acceptors (Lipinski definition) is 3. The summed E-state index contributed by atoms with van der Waals surface area (Å²) in [5.74, 6) is 0.0290. The van der Waals surface area contributed by atoms with E-state index in [1.54, 1.807) is 10.9 Å². The molecule has 1 saturated carbocycles. The van der Waals surface area contributed by atoms with Gasteiger partial charge in [-0.05, 0) is 39.5 Å². The van der Waals surface area contributed by atoms with Gasteiger partial charge in [0.05, 0.1) is 33.8 Å². The summed E-state index contributed by atoms with van der Waals surface area (Å²) in [5.41, 5.74) is 6.08. The van der Waals surface area contributed by atoms with Crippen molar-refractivity contribution in [1.29, 1.82) is 0 Å². The molecule has 3 N–H and O–H groups in total. The lowest BCUT2D eigenvalue weighted by Gasteiger charge is -2.31. The van der Waals surface area contributed by atoms with Crippen LogP contribution in [0, 0.1) is 5.92 Å². The molecule has 1 aliphatic carbocycles. The van der Waals surface area contributed by atoms with Crippen molar-refractivity contribution in [2.24, 2.45) is 11.7 Å². The van der Waals surface area contributed by atoms with Crippen LogP contribution in [0.5, 0.6) is 0 Å². The quantitative estimate of drug-likeness (QED) is 0.830. The number of nitrogens with zero attached hydrogens (tertiary/aromatic N) is 2. The van der Waals surface area contributed by atoms with Crippen LogP contribution in [-0.4, -0.2) is 24.4 Å². The Bertz CT molecular complexity index is 559. The summed E-state index contributed by atoms with van der Waals surface area (Å²) in [7, 11) is -1.16. The number of imidazole rings is 1. The number of rotatable bonds is 6. The molecule has 0 aromatic carbocycles. The van der Waals surface area contributed by atoms with E-state index in [0.29, 0.717) is 5.92 Å². The van der Waals surface area contributed by atoms with Crippen molar-refractivity contribution >= 4 is 16.9 Å². The number of primary amides is 1. The molecule has 1 amide bonds. The molecule has 0 radical (unpaired) electrons. The van der Waals surface area contributed by atoms with Gasteiger partial charge in [0.25, 0.3) is 0 Å². The number of nitrogens with two attached hydrogens (primary N) is 1. The molecular weight excluding hydrogens is 312 g/mol. The Morgan fingerprint density at radius 3 is 2.65 bits per heavy atom. The van der Waals surface area contributed by atoms with Crippen LogP contribution >= 0.6 is 0 Å². The topological polar surface area (TPSA) is 90.0 Å². The fourth-order valence-corrected chi connectivity index (χ4v) is 3.86. The molecule has 0 saturated heterocycles. The van der Waals surface area contributed by atoms with Gasteiger partial charge in [-0.15, -0.1) is 0 Å². The number of aromatic nitrogens is 2. The molecule has 23 heavy (non-hydrogen) atoms. The second-order valence-corrected chi connectivity index (χ2v) is 9.31. The van der Waals surface area contributed by atoms with Gasteiger partial charge in [0.15, 0.2) is 0 Å². The van der Waals surface area contributed by atoms with Gasteiger partial charge < -0.3 is 10.3 Å². The maximum absolute atomic E-state index is 12.6. The molecule has 6 nitrogen and oxygen atoms in total. The Kier molecular flexibility index (Phi) is 5.97. The van der Waals surface area contributed by atoms with Crippen molar-refractivity contribution in [2.75, 3.05) is 0 Å². The molecule has 1 aliphatic rings. The largest absolute Gasteiger partial charge is 0.368 e. The Labute approximate surface area is 140 Å². The van der Waals surface area contributed by atoms with Crippen LogP contribution in [0.25, 0.3) is 0 Å². The predicted molar refractivity (Wildman–Crippen MR) is 91.8 cm³/mol. The predicted octanol–water partition coefficient (Wildman–Crippen LogP) is 2.04. The Hall–Kier alpha value is -1.21. The molecule has 130 valence electrons. The molecule has 1 fully saturated rings. The summed E-state index contributed by atoms with van der Waals surface area (Å²) in [5, 5.41) is 0. The van der Waals surface area contributed by atoms with Crippen LogP contribution in [0.15, 0.2) is 12.5 Å². The zero-order valence-electron chi connectivity index (χ0n) is 14.2. The number of carbonyl (C=O) groups is 1. The maximum atomic E-state index is 12.6. The first-order valence-electron chi connectivity index (χ1n) is 8.25. The van der Waals surface area contributed by atoms with Crippen LogP contribution in [0.4, 0.5) is 0 Å². The van der Waals surface area contributed by atoms with E-state index >= 15 is 0 Å². The summed E-state index contributed by atoms with van der Waals surface area (Å²) in [6.45, 7) is 5.99. The Balaban J connectivity index is 2.20. The van der Waals surface area contributed by atoms with E-state index < -0.39 is 16.9 Å². The second kappa shape index (κ2) is 7.57. The van der Waals surface area contributed by atoms with Gasteiger partial charge in [0, 0.05) is 6.20 Å². The van der Waals surface area contributed by atoms with E-state index in [4.69, 9.17) is 5.73 Å². The van der Waals surface area contributed by atoms with Gasteiger partial charge in [-0.2, -0.15) is 0 Å². The molecule has 2 rings (SSSR count). The molecule has 1 heterocycles. The minimum atomic E-state index is -1.16. The molecule has 0 spiro atoms. The van der Waals surface area contributed by atoms with Gasteiger partial charge >= 0.3 is 0 Å². The van der Waals surface area contributed by atoms with Crippen molar-refractivity contribution in [1.82, 2.24) is 14.3 Å². The Morgan fingerprint density at radius 1 is 1.43 bits per heavy atom. The summed E-state index contributed by atoms with van der Waals surface area (Å²) in [6, 6.07) is -0.0514. The molecule has 1 aromatic rings. The highest BCUT2D eigenvalue weighted by Crippen LogP contribution is 2.34. The third kappa shape index (κ3) is 5.14. The van der Waals surface area contributed by atoms with Crippen LogP contribution < -0.4 is 10.5 Å². The molecule has 2 atom stereocenters. The van der Waals surface area contributed by atoms with E-state index in [0.717, 1.165) is 18.5 Å². The summed E-state index contributed by atoms with van der Waals surface area (Å²) >= 11 is 0. The lowest BCUT2D eigenvalue weighted by Crippen LogP contribution is -2.39. The third-order valence-corrected chi connectivity index (χ3v) is 5.80. The first-order valence-corrected chi connectivity index (χ1v) is 9.40. The van der Waals surface area contributed by atoms with Crippen LogP contribution in [0.3, 0.4) is 0 Å². The van der Waals surface area contributed by atoms with Crippen molar-refractivity contribution in [3.05, 3.63) is 18.2 Å². The Morgan fingerprint density at radius 2 is 2.09 bits per heavy atom. The van der Waals surface area contributed by atoms with E-state index in [9.17, 15) is 9.00 Å². The number of amides is 1. The smallest absolute Gasteiger partial charge is 0.237 e. The second-order valence-electron chi connectivity index (χ2n) is 7.31. The molecule has 0 aliphatic heterocycles. The van der Waals surface area contributed by atoms with E-state index in [-0.39, 0.29) is 17.3 Å². The van der Waals surface area contributed by atoms with Gasteiger partial charge in [-0.1, -0.05) is 19.3 Å². The average Bonchev–Trinajstić information content (AvgIpc) is 2.91. The van der Waals surface area contributed by atoms with Crippen LogP contribution in [0.1, 0.15) is 64.6 Å². The molecule has 7 heteroatoms. The van der Waals surface area contributed by atoms with Crippen molar-refractivity contribution in [3.8, 4) is 0 Å². The maximum Gasteiger partial charge on any atom is 0.237 e. The van der Waals surface area contributed by atoms with Crippen LogP contribution in [-0.2, 0) is 22.3 Å². The van der Waals surface area contributed by atoms with Crippen molar-refractivity contribution < 1.29 is 9.00 Å². The van der Waals surface area contributed by atoms with Gasteiger partial charge in [-0.25, -0.2) is 13.9 Å². The fraction of sp³-hybridized carbons (Fsp3) is 0.750. The average molecular weight is 340 g/mol. The lowest BCUT2D eigenvalue weighted by atomic mass is 9.83. The third-order valence-electron chi connectivity index (χ3n) is 4.22. The zero-order valence-corrected chi connectivity index (χ0v) is 15.1. The summed E-state index contributed by atoms with van der Waals surface area (Å²) in [4.78, 5) is 15.5. The normalized spacial score (nSPS) is 19.4. The van der Waals surface area contributed by atoms with E-state index in [2.05, 4.69) is 9.71 Å². The first-order chi connectivity index (χ1) is 10.8. The van der Waals surface area contributed by atoms with Crippen molar-refractivity contribution in [2.45, 2.75) is 70.2 Å². The number of carbonyl (C=O) groups excluding carboxylic acids is 1. The van der Waals surface area contributed by atoms with Gasteiger partial charge in [0.1, 0.15) is 6.54 Å². The minimum absolute atomic E-state index is 0.0514. The van der Waals surface area contributed by atoms with Crippen LogP contribution in [0.2, 0.25) is 0 Å². The van der Waals surface area contributed by atoms with Gasteiger partial charge in [-0.3, -0.25) is 4.79 Å². The summed E-state index contributed by atoms with van der Waals surface area (Å²) < 4.78 is 17.2. The van der Waals surface area contributed by atoms with E-state index in [1.165, 1.54) is 19.3 Å². The molecule has 1 aromatic heterocycles. The first kappa shape index (κ1) is 18.1. The molecule has 0 bridgehead atoms. The molecule has 1 unspecified atom stereocenters. The van der Waals surface area contributed by atoms with E-state index in [1.807, 2.05) is 27.0 Å². The van der Waals surface area contributed by atoms with Gasteiger partial charge in [0.2, 0.25) is 5.91 Å². The fourth-order valence-electron chi connectivity index (χ4n) is 2.96. The number of nitrogens with one attached hydrogen (secondary N) is 1. The summed E-state index contributed by atoms with van der Waals surface area (Å²) in [6.07, 6.45) is 9.36. The highest BCUT2D eigenvalue weighted by atomic mass is 32.2. The highest BCUT2D eigenvalue weighted by molar-refractivity contribution is 7.84. The molecular formula is C16H28N4O2S. The monoisotopic (exact) mass is 340 g/mol. The highest BCUT2D eigenvalue weighted by Gasteiger charge is 2.31. The SMILES string of the molecule is CC(C)(C)S(=O)N[C@H](c1cn(CC(N)=O)cn1)C1CCCCC1.